The average molecular weight is 227 g/mol. The molecule has 0 saturated heterocycles. The SMILES string of the molecule is COCCC(C)C(CNC1CC1)CC(C)C. The van der Waals surface area contributed by atoms with Crippen LogP contribution in [0.15, 0.2) is 0 Å². The first-order chi connectivity index (χ1) is 7.63. The van der Waals surface area contributed by atoms with E-state index in [4.69, 9.17) is 4.74 Å². The molecule has 0 spiro atoms. The zero-order chi connectivity index (χ0) is 12.0. The van der Waals surface area contributed by atoms with Gasteiger partial charge in [-0.3, -0.25) is 0 Å². The number of ether oxygens (including phenoxy) is 1. The van der Waals surface area contributed by atoms with Crippen LogP contribution in [0.5, 0.6) is 0 Å². The molecular formula is C14H29NO. The predicted octanol–water partition coefficient (Wildman–Crippen LogP) is 3.07. The number of methoxy groups -OCH3 is 1. The zero-order valence-electron chi connectivity index (χ0n) is 11.5. The molecule has 2 unspecified atom stereocenters. The molecule has 2 atom stereocenters. The van der Waals surface area contributed by atoms with Gasteiger partial charge in [0.1, 0.15) is 0 Å². The van der Waals surface area contributed by atoms with E-state index in [0.29, 0.717) is 0 Å². The second-order valence-corrected chi connectivity index (χ2v) is 5.83. The summed E-state index contributed by atoms with van der Waals surface area (Å²) in [6.45, 7) is 9.13. The van der Waals surface area contributed by atoms with Crippen LogP contribution in [0.3, 0.4) is 0 Å². The molecule has 16 heavy (non-hydrogen) atoms. The summed E-state index contributed by atoms with van der Waals surface area (Å²) in [7, 11) is 1.80. The Labute approximate surface area is 101 Å². The smallest absolute Gasteiger partial charge is 0.0464 e. The predicted molar refractivity (Wildman–Crippen MR) is 69.6 cm³/mol. The fourth-order valence-electron chi connectivity index (χ4n) is 2.27. The Balaban J connectivity index is 2.27. The van der Waals surface area contributed by atoms with E-state index in [1.165, 1.54) is 32.2 Å². The van der Waals surface area contributed by atoms with Crippen molar-refractivity contribution in [1.82, 2.24) is 5.32 Å². The van der Waals surface area contributed by atoms with Crippen LogP contribution in [0.25, 0.3) is 0 Å². The van der Waals surface area contributed by atoms with Crippen LogP contribution < -0.4 is 5.32 Å². The molecule has 0 bridgehead atoms. The minimum Gasteiger partial charge on any atom is -0.385 e. The van der Waals surface area contributed by atoms with Crippen molar-refractivity contribution in [2.75, 3.05) is 20.3 Å². The van der Waals surface area contributed by atoms with Crippen LogP contribution in [0.2, 0.25) is 0 Å². The first kappa shape index (κ1) is 14.0. The van der Waals surface area contributed by atoms with Crippen molar-refractivity contribution in [3.63, 3.8) is 0 Å². The van der Waals surface area contributed by atoms with E-state index in [1.807, 2.05) is 0 Å². The fraction of sp³-hybridized carbons (Fsp3) is 1.00. The summed E-state index contributed by atoms with van der Waals surface area (Å²) in [5.74, 6) is 2.39. The Kier molecular flexibility index (Phi) is 6.37. The molecule has 1 N–H and O–H groups in total. The number of rotatable bonds is 9. The van der Waals surface area contributed by atoms with Crippen LogP contribution in [-0.4, -0.2) is 26.3 Å². The summed E-state index contributed by atoms with van der Waals surface area (Å²) in [5.41, 5.74) is 0. The van der Waals surface area contributed by atoms with E-state index in [-0.39, 0.29) is 0 Å². The van der Waals surface area contributed by atoms with Crippen LogP contribution in [0.4, 0.5) is 0 Å². The molecule has 0 amide bonds. The normalized spacial score (nSPS) is 20.1. The largest absolute Gasteiger partial charge is 0.385 e. The van der Waals surface area contributed by atoms with Gasteiger partial charge in [-0.1, -0.05) is 20.8 Å². The Morgan fingerprint density at radius 3 is 2.44 bits per heavy atom. The molecule has 1 rings (SSSR count). The van der Waals surface area contributed by atoms with Gasteiger partial charge in [0.25, 0.3) is 0 Å². The molecule has 0 heterocycles. The molecule has 2 nitrogen and oxygen atoms in total. The second kappa shape index (κ2) is 7.29. The number of hydrogen-bond acceptors (Lipinski definition) is 2. The van der Waals surface area contributed by atoms with Crippen LogP contribution in [0.1, 0.15) is 46.5 Å². The Morgan fingerprint density at radius 1 is 1.25 bits per heavy atom. The topological polar surface area (TPSA) is 21.3 Å². The molecule has 1 fully saturated rings. The average Bonchev–Trinajstić information content (AvgIpc) is 3.04. The van der Waals surface area contributed by atoms with Crippen molar-refractivity contribution in [3.05, 3.63) is 0 Å². The van der Waals surface area contributed by atoms with Gasteiger partial charge in [0.2, 0.25) is 0 Å². The van der Waals surface area contributed by atoms with Gasteiger partial charge in [-0.05, 0) is 50.0 Å². The standard InChI is InChI=1S/C14H29NO/c1-11(2)9-13(10-15-14-5-6-14)12(3)7-8-16-4/h11-15H,5-10H2,1-4H3. The van der Waals surface area contributed by atoms with Gasteiger partial charge in [-0.25, -0.2) is 0 Å². The molecule has 0 aromatic rings. The lowest BCUT2D eigenvalue weighted by Crippen LogP contribution is -2.30. The van der Waals surface area contributed by atoms with E-state index in [2.05, 4.69) is 26.1 Å². The summed E-state index contributed by atoms with van der Waals surface area (Å²) >= 11 is 0. The van der Waals surface area contributed by atoms with Crippen LogP contribution >= 0.6 is 0 Å². The van der Waals surface area contributed by atoms with Gasteiger partial charge in [0.05, 0.1) is 0 Å². The van der Waals surface area contributed by atoms with E-state index < -0.39 is 0 Å². The summed E-state index contributed by atoms with van der Waals surface area (Å²) in [4.78, 5) is 0. The van der Waals surface area contributed by atoms with Crippen molar-refractivity contribution in [1.29, 1.82) is 0 Å². The molecule has 1 saturated carbocycles. The maximum atomic E-state index is 5.19. The van der Waals surface area contributed by atoms with Gasteiger partial charge < -0.3 is 10.1 Å². The van der Waals surface area contributed by atoms with Crippen molar-refractivity contribution >= 4 is 0 Å². The van der Waals surface area contributed by atoms with E-state index in [0.717, 1.165) is 30.4 Å². The third-order valence-corrected chi connectivity index (χ3v) is 3.60. The lowest BCUT2D eigenvalue weighted by molar-refractivity contribution is 0.158. The summed E-state index contributed by atoms with van der Waals surface area (Å²) in [6, 6.07) is 0.837. The van der Waals surface area contributed by atoms with Gasteiger partial charge in [-0.2, -0.15) is 0 Å². The highest BCUT2D eigenvalue weighted by molar-refractivity contribution is 4.83. The maximum absolute atomic E-state index is 5.19. The fourth-order valence-corrected chi connectivity index (χ4v) is 2.27. The van der Waals surface area contributed by atoms with Crippen molar-refractivity contribution in [3.8, 4) is 0 Å². The van der Waals surface area contributed by atoms with Crippen molar-refractivity contribution < 1.29 is 4.74 Å². The van der Waals surface area contributed by atoms with Crippen molar-refractivity contribution in [2.45, 2.75) is 52.5 Å². The molecule has 1 aliphatic carbocycles. The molecule has 96 valence electrons. The maximum Gasteiger partial charge on any atom is 0.0464 e. The highest BCUT2D eigenvalue weighted by atomic mass is 16.5. The quantitative estimate of drug-likeness (QED) is 0.653. The molecule has 0 aromatic carbocycles. The lowest BCUT2D eigenvalue weighted by Gasteiger charge is -2.26. The second-order valence-electron chi connectivity index (χ2n) is 5.83. The minimum atomic E-state index is 0.772. The summed E-state index contributed by atoms with van der Waals surface area (Å²) < 4.78 is 5.19. The molecule has 0 radical (unpaired) electrons. The van der Waals surface area contributed by atoms with E-state index in [1.54, 1.807) is 7.11 Å². The third kappa shape index (κ3) is 5.86. The molecule has 0 aromatic heterocycles. The van der Waals surface area contributed by atoms with Crippen molar-refractivity contribution in [2.24, 2.45) is 17.8 Å². The zero-order valence-corrected chi connectivity index (χ0v) is 11.5. The number of nitrogens with one attached hydrogen (secondary N) is 1. The van der Waals surface area contributed by atoms with Gasteiger partial charge in [0, 0.05) is 19.8 Å². The molecular weight excluding hydrogens is 198 g/mol. The highest BCUT2D eigenvalue weighted by Crippen LogP contribution is 2.25. The Morgan fingerprint density at radius 2 is 1.94 bits per heavy atom. The van der Waals surface area contributed by atoms with E-state index >= 15 is 0 Å². The molecule has 0 aliphatic heterocycles. The monoisotopic (exact) mass is 227 g/mol. The third-order valence-electron chi connectivity index (χ3n) is 3.60. The molecule has 2 heteroatoms. The van der Waals surface area contributed by atoms with Crippen LogP contribution in [0, 0.1) is 17.8 Å². The van der Waals surface area contributed by atoms with E-state index in [9.17, 15) is 0 Å². The Hall–Kier alpha value is -0.0800. The Bertz CT molecular complexity index is 178. The van der Waals surface area contributed by atoms with Crippen LogP contribution in [-0.2, 0) is 4.74 Å². The first-order valence-electron chi connectivity index (χ1n) is 6.85. The minimum absolute atomic E-state index is 0.772. The van der Waals surface area contributed by atoms with Gasteiger partial charge in [-0.15, -0.1) is 0 Å². The number of hydrogen-bond donors (Lipinski definition) is 1. The summed E-state index contributed by atoms with van der Waals surface area (Å²) in [5, 5.41) is 3.68. The van der Waals surface area contributed by atoms with Gasteiger partial charge in [0.15, 0.2) is 0 Å². The summed E-state index contributed by atoms with van der Waals surface area (Å²) in [6.07, 6.45) is 5.31. The highest BCUT2D eigenvalue weighted by Gasteiger charge is 2.24. The first-order valence-corrected chi connectivity index (χ1v) is 6.85. The molecule has 1 aliphatic rings. The van der Waals surface area contributed by atoms with Gasteiger partial charge >= 0.3 is 0 Å². The lowest BCUT2D eigenvalue weighted by atomic mass is 9.84.